The molecule has 2 N–H and O–H groups in total. The highest BCUT2D eigenvalue weighted by molar-refractivity contribution is 5.31. The van der Waals surface area contributed by atoms with Crippen molar-refractivity contribution < 1.29 is 9.47 Å². The summed E-state index contributed by atoms with van der Waals surface area (Å²) >= 11 is 0. The number of nitrogens with two attached hydrogens (primary N) is 1. The van der Waals surface area contributed by atoms with Gasteiger partial charge in [0, 0.05) is 19.1 Å². The van der Waals surface area contributed by atoms with Gasteiger partial charge in [-0.15, -0.1) is 0 Å². The molecular formula is C15H24N2O2. The van der Waals surface area contributed by atoms with Crippen LogP contribution in [0.3, 0.4) is 0 Å². The number of hydrogen-bond acceptors (Lipinski definition) is 4. The van der Waals surface area contributed by atoms with Gasteiger partial charge >= 0.3 is 0 Å². The van der Waals surface area contributed by atoms with Gasteiger partial charge < -0.3 is 15.2 Å². The fraction of sp³-hybridized carbons (Fsp3) is 0.600. The van der Waals surface area contributed by atoms with Crippen LogP contribution in [0, 0.1) is 5.92 Å². The van der Waals surface area contributed by atoms with Gasteiger partial charge in [0.25, 0.3) is 0 Å². The lowest BCUT2D eigenvalue weighted by atomic mass is 10.0. The van der Waals surface area contributed by atoms with E-state index in [-0.39, 0.29) is 0 Å². The standard InChI is InChI=1S/C15H24N2O2/c1-12(16)13-7-8-17(11-13)9-10-19-15-5-3-14(18-2)4-6-15/h3-6,12-13H,7-11,16H2,1-2H3. The maximum absolute atomic E-state index is 5.94. The lowest BCUT2D eigenvalue weighted by Gasteiger charge is -2.18. The molecule has 1 aromatic carbocycles. The summed E-state index contributed by atoms with van der Waals surface area (Å²) in [7, 11) is 1.66. The van der Waals surface area contributed by atoms with Crippen LogP contribution in [0.25, 0.3) is 0 Å². The molecule has 0 radical (unpaired) electrons. The summed E-state index contributed by atoms with van der Waals surface area (Å²) in [6.45, 7) is 6.02. The first-order valence-corrected chi connectivity index (χ1v) is 6.94. The number of methoxy groups -OCH3 is 1. The van der Waals surface area contributed by atoms with Crippen LogP contribution in [0.1, 0.15) is 13.3 Å². The highest BCUT2D eigenvalue weighted by atomic mass is 16.5. The molecule has 0 saturated carbocycles. The Morgan fingerprint density at radius 1 is 1.32 bits per heavy atom. The zero-order chi connectivity index (χ0) is 13.7. The van der Waals surface area contributed by atoms with Crippen molar-refractivity contribution in [3.63, 3.8) is 0 Å². The molecule has 1 aliphatic heterocycles. The Labute approximate surface area is 115 Å². The summed E-state index contributed by atoms with van der Waals surface area (Å²) < 4.78 is 10.8. The van der Waals surface area contributed by atoms with Crippen molar-refractivity contribution in [2.24, 2.45) is 11.7 Å². The molecule has 1 aliphatic rings. The Hall–Kier alpha value is -1.26. The number of likely N-dealkylation sites (tertiary alicyclic amines) is 1. The Kier molecular flexibility index (Phi) is 5.05. The molecule has 4 heteroatoms. The van der Waals surface area contributed by atoms with E-state index in [1.165, 1.54) is 6.42 Å². The minimum atomic E-state index is 0.299. The van der Waals surface area contributed by atoms with Gasteiger partial charge in [0.05, 0.1) is 7.11 Å². The summed E-state index contributed by atoms with van der Waals surface area (Å²) in [6, 6.07) is 8.00. The molecule has 2 atom stereocenters. The molecule has 1 fully saturated rings. The predicted octanol–water partition coefficient (Wildman–Crippen LogP) is 1.74. The summed E-state index contributed by atoms with van der Waals surface area (Å²) in [6.07, 6.45) is 1.21. The molecule has 2 unspecified atom stereocenters. The van der Waals surface area contributed by atoms with E-state index in [4.69, 9.17) is 15.2 Å². The van der Waals surface area contributed by atoms with E-state index in [2.05, 4.69) is 11.8 Å². The Morgan fingerprint density at radius 3 is 2.58 bits per heavy atom. The van der Waals surface area contributed by atoms with E-state index in [9.17, 15) is 0 Å². The first kappa shape index (κ1) is 14.2. The van der Waals surface area contributed by atoms with E-state index >= 15 is 0 Å². The average molecular weight is 264 g/mol. The Bertz CT molecular complexity index is 378. The van der Waals surface area contributed by atoms with Crippen LogP contribution in [-0.4, -0.2) is 44.3 Å². The van der Waals surface area contributed by atoms with E-state index < -0.39 is 0 Å². The number of hydrogen-bond donors (Lipinski definition) is 1. The normalized spacial score (nSPS) is 21.3. The van der Waals surface area contributed by atoms with Gasteiger partial charge in [0.15, 0.2) is 0 Å². The topological polar surface area (TPSA) is 47.7 Å². The van der Waals surface area contributed by atoms with Gasteiger partial charge in [-0.05, 0) is 50.1 Å². The quantitative estimate of drug-likeness (QED) is 0.850. The number of rotatable bonds is 6. The first-order valence-electron chi connectivity index (χ1n) is 6.94. The number of benzene rings is 1. The molecule has 0 bridgehead atoms. The van der Waals surface area contributed by atoms with E-state index in [0.717, 1.165) is 37.7 Å². The van der Waals surface area contributed by atoms with Gasteiger partial charge in [-0.3, -0.25) is 4.90 Å². The second-order valence-corrected chi connectivity index (χ2v) is 5.23. The molecule has 1 aromatic rings. The molecular weight excluding hydrogens is 240 g/mol. The summed E-state index contributed by atoms with van der Waals surface area (Å²) in [5, 5.41) is 0. The minimum absolute atomic E-state index is 0.299. The summed E-state index contributed by atoms with van der Waals surface area (Å²) in [5.74, 6) is 2.39. The molecule has 0 amide bonds. The predicted molar refractivity (Wildman–Crippen MR) is 76.7 cm³/mol. The van der Waals surface area contributed by atoms with Crippen molar-refractivity contribution >= 4 is 0 Å². The molecule has 0 aromatic heterocycles. The van der Waals surface area contributed by atoms with Gasteiger partial charge in [-0.25, -0.2) is 0 Å². The third-order valence-corrected chi connectivity index (χ3v) is 3.79. The highest BCUT2D eigenvalue weighted by Gasteiger charge is 2.24. The third kappa shape index (κ3) is 4.11. The van der Waals surface area contributed by atoms with E-state index in [0.29, 0.717) is 12.0 Å². The second-order valence-electron chi connectivity index (χ2n) is 5.23. The van der Waals surface area contributed by atoms with Crippen molar-refractivity contribution in [3.05, 3.63) is 24.3 Å². The lowest BCUT2D eigenvalue weighted by Crippen LogP contribution is -2.31. The highest BCUT2D eigenvalue weighted by Crippen LogP contribution is 2.19. The minimum Gasteiger partial charge on any atom is -0.497 e. The molecule has 1 heterocycles. The number of nitrogens with zero attached hydrogens (tertiary/aromatic N) is 1. The Morgan fingerprint density at radius 2 is 2.00 bits per heavy atom. The molecule has 1 saturated heterocycles. The first-order chi connectivity index (χ1) is 9.19. The fourth-order valence-corrected chi connectivity index (χ4v) is 2.46. The molecule has 0 spiro atoms. The van der Waals surface area contributed by atoms with E-state index in [1.54, 1.807) is 7.11 Å². The largest absolute Gasteiger partial charge is 0.497 e. The van der Waals surface area contributed by atoms with Crippen LogP contribution in [0.15, 0.2) is 24.3 Å². The molecule has 4 nitrogen and oxygen atoms in total. The van der Waals surface area contributed by atoms with E-state index in [1.807, 2.05) is 24.3 Å². The fourth-order valence-electron chi connectivity index (χ4n) is 2.46. The SMILES string of the molecule is COc1ccc(OCCN2CCC(C(C)N)C2)cc1. The average Bonchev–Trinajstić information content (AvgIpc) is 2.89. The van der Waals surface area contributed by atoms with Crippen molar-refractivity contribution in [2.75, 3.05) is 33.4 Å². The van der Waals surface area contributed by atoms with Crippen LogP contribution in [0.2, 0.25) is 0 Å². The van der Waals surface area contributed by atoms with Crippen molar-refractivity contribution in [1.29, 1.82) is 0 Å². The van der Waals surface area contributed by atoms with Crippen LogP contribution < -0.4 is 15.2 Å². The van der Waals surface area contributed by atoms with Crippen LogP contribution >= 0.6 is 0 Å². The summed E-state index contributed by atoms with van der Waals surface area (Å²) in [5.41, 5.74) is 5.94. The zero-order valence-electron chi connectivity index (χ0n) is 11.8. The third-order valence-electron chi connectivity index (χ3n) is 3.79. The Balaban J connectivity index is 1.69. The smallest absolute Gasteiger partial charge is 0.119 e. The molecule has 2 rings (SSSR count). The van der Waals surface area contributed by atoms with Crippen LogP contribution in [0.5, 0.6) is 11.5 Å². The van der Waals surface area contributed by atoms with Gasteiger partial charge in [-0.2, -0.15) is 0 Å². The molecule has 106 valence electrons. The second kappa shape index (κ2) is 6.78. The van der Waals surface area contributed by atoms with Gasteiger partial charge in [0.2, 0.25) is 0 Å². The zero-order valence-corrected chi connectivity index (χ0v) is 11.8. The summed E-state index contributed by atoms with van der Waals surface area (Å²) in [4.78, 5) is 2.43. The molecule has 0 aliphatic carbocycles. The van der Waals surface area contributed by atoms with Crippen LogP contribution in [0.4, 0.5) is 0 Å². The van der Waals surface area contributed by atoms with Crippen LogP contribution in [-0.2, 0) is 0 Å². The van der Waals surface area contributed by atoms with Gasteiger partial charge in [0.1, 0.15) is 18.1 Å². The maximum atomic E-state index is 5.94. The van der Waals surface area contributed by atoms with Crippen molar-refractivity contribution in [3.8, 4) is 11.5 Å². The van der Waals surface area contributed by atoms with Gasteiger partial charge in [-0.1, -0.05) is 0 Å². The van der Waals surface area contributed by atoms with Crippen molar-refractivity contribution in [1.82, 2.24) is 4.90 Å². The lowest BCUT2D eigenvalue weighted by molar-refractivity contribution is 0.230. The monoisotopic (exact) mass is 264 g/mol. The van der Waals surface area contributed by atoms with Crippen molar-refractivity contribution in [2.45, 2.75) is 19.4 Å². The molecule has 19 heavy (non-hydrogen) atoms. The number of ether oxygens (including phenoxy) is 2. The maximum Gasteiger partial charge on any atom is 0.119 e.